The first kappa shape index (κ1) is 14.9. The molecule has 3 rings (SSSR count). The Labute approximate surface area is 129 Å². The smallest absolute Gasteiger partial charge is 0.158 e. The molecular formula is C14H21N7O. The Morgan fingerprint density at radius 1 is 1.23 bits per heavy atom. The minimum Gasteiger partial charge on any atom is -0.395 e. The first-order chi connectivity index (χ1) is 10.7. The van der Waals surface area contributed by atoms with Gasteiger partial charge in [-0.15, -0.1) is 0 Å². The second-order valence-corrected chi connectivity index (χ2v) is 5.33. The molecule has 1 fully saturated rings. The first-order valence-electron chi connectivity index (χ1n) is 7.44. The van der Waals surface area contributed by atoms with Crippen LogP contribution in [0, 0.1) is 6.92 Å². The van der Waals surface area contributed by atoms with Crippen LogP contribution in [-0.4, -0.2) is 74.1 Å². The number of hydrogen-bond donors (Lipinski definition) is 2. The van der Waals surface area contributed by atoms with Crippen molar-refractivity contribution in [1.82, 2.24) is 29.7 Å². The summed E-state index contributed by atoms with van der Waals surface area (Å²) >= 11 is 0. The number of aryl methyl sites for hydroxylation is 1. The maximum absolute atomic E-state index is 8.96. The molecule has 0 spiro atoms. The summed E-state index contributed by atoms with van der Waals surface area (Å²) in [6.07, 6.45) is 3.42. The Morgan fingerprint density at radius 3 is 2.73 bits per heavy atom. The van der Waals surface area contributed by atoms with Crippen molar-refractivity contribution in [2.45, 2.75) is 6.92 Å². The molecule has 2 N–H and O–H groups in total. The quantitative estimate of drug-likeness (QED) is 0.798. The number of aliphatic hydroxyl groups is 1. The number of hydrazine groups is 1. The molecule has 1 aliphatic rings. The van der Waals surface area contributed by atoms with Crippen molar-refractivity contribution < 1.29 is 5.11 Å². The van der Waals surface area contributed by atoms with Gasteiger partial charge in [0.25, 0.3) is 0 Å². The molecule has 0 amide bonds. The molecular weight excluding hydrogens is 282 g/mol. The van der Waals surface area contributed by atoms with E-state index in [0.29, 0.717) is 0 Å². The number of aliphatic hydroxyl groups excluding tert-OH is 1. The molecule has 0 saturated carbocycles. The molecule has 0 aromatic carbocycles. The molecule has 0 bridgehead atoms. The van der Waals surface area contributed by atoms with Crippen LogP contribution in [0.2, 0.25) is 0 Å². The Kier molecular flexibility index (Phi) is 4.62. The highest BCUT2D eigenvalue weighted by Crippen LogP contribution is 2.11. The topological polar surface area (TPSA) is 82.3 Å². The summed E-state index contributed by atoms with van der Waals surface area (Å²) in [6, 6.07) is 3.82. The molecule has 22 heavy (non-hydrogen) atoms. The van der Waals surface area contributed by atoms with E-state index in [1.165, 1.54) is 6.33 Å². The molecule has 2 aromatic heterocycles. The number of hydrogen-bond acceptors (Lipinski definition) is 7. The Morgan fingerprint density at radius 2 is 2.05 bits per heavy atom. The van der Waals surface area contributed by atoms with E-state index in [-0.39, 0.29) is 6.61 Å². The van der Waals surface area contributed by atoms with E-state index < -0.39 is 0 Å². The standard InChI is InChI=1S/C14H21N7O/c1-12-2-3-21(17-12)14-10-13(15-11-16-14)18-20-6-4-19(5-7-20)8-9-22/h2-3,10-11,22H,4-9H2,1H3,(H,15,16,18). The average Bonchev–Trinajstić information content (AvgIpc) is 2.97. The number of aromatic nitrogens is 4. The fourth-order valence-corrected chi connectivity index (χ4v) is 2.46. The van der Waals surface area contributed by atoms with Crippen molar-refractivity contribution in [3.8, 4) is 5.82 Å². The van der Waals surface area contributed by atoms with Crippen LogP contribution < -0.4 is 5.43 Å². The highest BCUT2D eigenvalue weighted by atomic mass is 16.3. The Hall–Kier alpha value is -2.03. The van der Waals surface area contributed by atoms with Gasteiger partial charge in [-0.3, -0.25) is 4.90 Å². The molecule has 0 atom stereocenters. The molecule has 0 unspecified atom stereocenters. The monoisotopic (exact) mass is 303 g/mol. The highest BCUT2D eigenvalue weighted by molar-refractivity contribution is 5.39. The lowest BCUT2D eigenvalue weighted by molar-refractivity contribution is 0.127. The fourth-order valence-electron chi connectivity index (χ4n) is 2.46. The van der Waals surface area contributed by atoms with Crippen molar-refractivity contribution in [2.24, 2.45) is 0 Å². The van der Waals surface area contributed by atoms with Crippen LogP contribution >= 0.6 is 0 Å². The Bertz CT molecular complexity index is 607. The number of rotatable bonds is 5. The molecule has 8 heteroatoms. The van der Waals surface area contributed by atoms with E-state index in [4.69, 9.17) is 5.11 Å². The molecule has 3 heterocycles. The minimum absolute atomic E-state index is 0.214. The predicted molar refractivity (Wildman–Crippen MR) is 82.6 cm³/mol. The van der Waals surface area contributed by atoms with Gasteiger partial charge in [-0.25, -0.2) is 19.7 Å². The van der Waals surface area contributed by atoms with Crippen LogP contribution in [0.15, 0.2) is 24.7 Å². The van der Waals surface area contributed by atoms with E-state index in [1.54, 1.807) is 4.68 Å². The van der Waals surface area contributed by atoms with Crippen LogP contribution in [0.3, 0.4) is 0 Å². The van der Waals surface area contributed by atoms with E-state index in [0.717, 1.165) is 50.1 Å². The van der Waals surface area contributed by atoms with Gasteiger partial charge in [-0.1, -0.05) is 0 Å². The van der Waals surface area contributed by atoms with Gasteiger partial charge in [0.15, 0.2) is 5.82 Å². The lowest BCUT2D eigenvalue weighted by Gasteiger charge is -2.34. The summed E-state index contributed by atoms with van der Waals surface area (Å²) in [7, 11) is 0. The number of β-amino-alcohol motifs (C(OH)–C–C–N with tert-alkyl or cyclic N) is 1. The lowest BCUT2D eigenvalue weighted by Crippen LogP contribution is -2.49. The summed E-state index contributed by atoms with van der Waals surface area (Å²) in [5.41, 5.74) is 4.26. The fraction of sp³-hybridized carbons (Fsp3) is 0.500. The number of piperazine rings is 1. The van der Waals surface area contributed by atoms with Gasteiger partial charge in [0.1, 0.15) is 12.1 Å². The second kappa shape index (κ2) is 6.82. The largest absolute Gasteiger partial charge is 0.395 e. The summed E-state index contributed by atoms with van der Waals surface area (Å²) in [4.78, 5) is 10.8. The molecule has 1 saturated heterocycles. The number of anilines is 1. The van der Waals surface area contributed by atoms with Gasteiger partial charge in [-0.2, -0.15) is 5.10 Å². The predicted octanol–water partition coefficient (Wildman–Crippen LogP) is -0.0925. The van der Waals surface area contributed by atoms with Crippen LogP contribution in [0.4, 0.5) is 5.82 Å². The van der Waals surface area contributed by atoms with Crippen molar-refractivity contribution >= 4 is 5.82 Å². The van der Waals surface area contributed by atoms with E-state index in [2.05, 4.69) is 30.4 Å². The van der Waals surface area contributed by atoms with Crippen molar-refractivity contribution in [3.05, 3.63) is 30.4 Å². The molecule has 0 aliphatic carbocycles. The zero-order valence-electron chi connectivity index (χ0n) is 12.7. The molecule has 8 nitrogen and oxygen atoms in total. The summed E-state index contributed by atoms with van der Waals surface area (Å²) in [5.74, 6) is 1.50. The highest BCUT2D eigenvalue weighted by Gasteiger charge is 2.16. The normalized spacial score (nSPS) is 16.8. The van der Waals surface area contributed by atoms with E-state index in [9.17, 15) is 0 Å². The van der Waals surface area contributed by atoms with Crippen LogP contribution in [0.1, 0.15) is 5.69 Å². The third kappa shape index (κ3) is 3.59. The lowest BCUT2D eigenvalue weighted by atomic mass is 10.3. The van der Waals surface area contributed by atoms with Gasteiger partial charge in [0, 0.05) is 45.0 Å². The number of nitrogens with one attached hydrogen (secondary N) is 1. The SMILES string of the molecule is Cc1ccn(-c2cc(NN3CCN(CCO)CC3)ncn2)n1. The molecule has 2 aromatic rings. The maximum atomic E-state index is 8.96. The zero-order valence-corrected chi connectivity index (χ0v) is 12.7. The first-order valence-corrected chi connectivity index (χ1v) is 7.44. The molecule has 118 valence electrons. The second-order valence-electron chi connectivity index (χ2n) is 5.33. The molecule has 0 radical (unpaired) electrons. The van der Waals surface area contributed by atoms with E-state index in [1.807, 2.05) is 25.3 Å². The summed E-state index contributed by atoms with van der Waals surface area (Å²) < 4.78 is 1.74. The van der Waals surface area contributed by atoms with Gasteiger partial charge < -0.3 is 10.5 Å². The van der Waals surface area contributed by atoms with Crippen LogP contribution in [-0.2, 0) is 0 Å². The Balaban J connectivity index is 1.62. The summed E-state index contributed by atoms with van der Waals surface area (Å²) in [6.45, 7) is 6.55. The van der Waals surface area contributed by atoms with Crippen LogP contribution in [0.5, 0.6) is 0 Å². The molecule has 1 aliphatic heterocycles. The number of nitrogens with zero attached hydrogens (tertiary/aromatic N) is 6. The van der Waals surface area contributed by atoms with Crippen molar-refractivity contribution in [3.63, 3.8) is 0 Å². The van der Waals surface area contributed by atoms with Gasteiger partial charge in [0.2, 0.25) is 0 Å². The summed E-state index contributed by atoms with van der Waals surface area (Å²) in [5, 5.41) is 15.5. The van der Waals surface area contributed by atoms with Crippen LogP contribution in [0.25, 0.3) is 5.82 Å². The minimum atomic E-state index is 0.214. The average molecular weight is 303 g/mol. The van der Waals surface area contributed by atoms with Crippen molar-refractivity contribution in [2.75, 3.05) is 44.8 Å². The van der Waals surface area contributed by atoms with Gasteiger partial charge in [0.05, 0.1) is 12.3 Å². The van der Waals surface area contributed by atoms with Gasteiger partial charge in [-0.05, 0) is 13.0 Å². The third-order valence-corrected chi connectivity index (χ3v) is 3.67. The van der Waals surface area contributed by atoms with E-state index >= 15 is 0 Å². The van der Waals surface area contributed by atoms with Crippen molar-refractivity contribution in [1.29, 1.82) is 0 Å². The zero-order chi connectivity index (χ0) is 15.4. The third-order valence-electron chi connectivity index (χ3n) is 3.67. The maximum Gasteiger partial charge on any atom is 0.158 e. The van der Waals surface area contributed by atoms with Gasteiger partial charge >= 0.3 is 0 Å².